The number of rotatable bonds is 9. The topological polar surface area (TPSA) is 61.7 Å². The number of nitrogens with zero attached hydrogens (tertiary/aromatic N) is 5. The third kappa shape index (κ3) is 7.83. The van der Waals surface area contributed by atoms with Gasteiger partial charge in [0, 0.05) is 72.4 Å². The number of benzene rings is 11. The molecule has 0 saturated carbocycles. The Morgan fingerprint density at radius 1 is 0.358 bits per heavy atom. The van der Waals surface area contributed by atoms with Gasteiger partial charge in [0.05, 0.1) is 33.1 Å². The molecule has 0 aliphatic heterocycles. The van der Waals surface area contributed by atoms with Crippen LogP contribution in [-0.4, -0.2) is 24.1 Å². The number of aromatic nitrogens is 5. The Hall–Kier alpha value is -10.7. The highest BCUT2D eigenvalue weighted by Gasteiger charge is 2.26. The summed E-state index contributed by atoms with van der Waals surface area (Å²) >= 11 is 0. The third-order valence-corrected chi connectivity index (χ3v) is 16.3. The molecule has 4 aromatic heterocycles. The van der Waals surface area contributed by atoms with Gasteiger partial charge in [-0.05, 0) is 88.8 Å². The van der Waals surface area contributed by atoms with Gasteiger partial charge in [0.15, 0.2) is 17.5 Å². The summed E-state index contributed by atoms with van der Waals surface area (Å²) in [4.78, 5) is 15.8. The Morgan fingerprint density at radius 3 is 1.52 bits per heavy atom. The smallest absolute Gasteiger partial charge is 0.164 e. The molecule has 15 aromatic rings. The summed E-state index contributed by atoms with van der Waals surface area (Å²) in [6.07, 6.45) is 9.82. The maximum Gasteiger partial charge on any atom is 0.164 e. The molecule has 0 fully saturated rings. The Kier molecular flexibility index (Phi) is 10.9. The third-order valence-electron chi connectivity index (χ3n) is 16.3. The van der Waals surface area contributed by atoms with Crippen LogP contribution in [-0.2, 0) is 0 Å². The first-order chi connectivity index (χ1) is 40.2. The highest BCUT2D eigenvalue weighted by Crippen LogP contribution is 2.48. The summed E-state index contributed by atoms with van der Waals surface area (Å²) in [6, 6.07) is 91.1. The van der Waals surface area contributed by atoms with Crippen LogP contribution in [0.5, 0.6) is 0 Å². The summed E-state index contributed by atoms with van der Waals surface area (Å²) < 4.78 is 12.1. The van der Waals surface area contributed by atoms with Crippen LogP contribution in [0.1, 0.15) is 17.9 Å². The van der Waals surface area contributed by atoms with E-state index in [4.69, 9.17) is 19.4 Å². The number of hydrogen-bond acceptors (Lipinski definition) is 4. The van der Waals surface area contributed by atoms with Gasteiger partial charge in [0.2, 0.25) is 0 Å². The van der Waals surface area contributed by atoms with Gasteiger partial charge in [-0.2, -0.15) is 0 Å². The Labute approximate surface area is 467 Å². The first-order valence-corrected chi connectivity index (χ1v) is 27.7. The van der Waals surface area contributed by atoms with Crippen molar-refractivity contribution < 1.29 is 4.42 Å². The highest BCUT2D eigenvalue weighted by atomic mass is 16.3. The van der Waals surface area contributed by atoms with E-state index >= 15 is 0 Å². The molecule has 81 heavy (non-hydrogen) atoms. The van der Waals surface area contributed by atoms with Crippen LogP contribution in [0.2, 0.25) is 0 Å². The molecule has 6 heteroatoms. The van der Waals surface area contributed by atoms with E-state index in [-0.39, 0.29) is 0 Å². The van der Waals surface area contributed by atoms with Gasteiger partial charge in [-0.1, -0.05) is 218 Å². The molecule has 0 spiro atoms. The fraction of sp³-hybridized carbons (Fsp3) is 0.0267. The maximum absolute atomic E-state index is 7.29. The second kappa shape index (κ2) is 19.0. The lowest BCUT2D eigenvalue weighted by molar-refractivity contribution is 0.673. The zero-order valence-corrected chi connectivity index (χ0v) is 44.0. The molecule has 0 bridgehead atoms. The minimum absolute atomic E-state index is 0.299. The zero-order chi connectivity index (χ0) is 53.4. The number of hydrogen-bond donors (Lipinski definition) is 0. The van der Waals surface area contributed by atoms with Crippen LogP contribution in [0, 0.1) is 0 Å². The number of allylic oxidation sites excluding steroid dienone is 4. The average molecular weight is 1040 g/mol. The normalized spacial score (nSPS) is 13.4. The van der Waals surface area contributed by atoms with Crippen molar-refractivity contribution >= 4 is 65.6 Å². The van der Waals surface area contributed by atoms with Gasteiger partial charge in [-0.15, -0.1) is 0 Å². The van der Waals surface area contributed by atoms with Crippen LogP contribution >= 0.6 is 0 Å². The van der Waals surface area contributed by atoms with Crippen molar-refractivity contribution in [3.63, 3.8) is 0 Å². The Balaban J connectivity index is 0.990. The Bertz CT molecular complexity index is 4920. The second-order valence-corrected chi connectivity index (χ2v) is 21.0. The van der Waals surface area contributed by atoms with Crippen molar-refractivity contribution in [2.45, 2.75) is 12.3 Å². The van der Waals surface area contributed by atoms with Crippen molar-refractivity contribution in [1.29, 1.82) is 0 Å². The van der Waals surface area contributed by atoms with E-state index in [1.54, 1.807) is 0 Å². The summed E-state index contributed by atoms with van der Waals surface area (Å²) in [5.74, 6) is 2.10. The van der Waals surface area contributed by atoms with Gasteiger partial charge >= 0.3 is 0 Å². The Morgan fingerprint density at radius 2 is 0.889 bits per heavy atom. The van der Waals surface area contributed by atoms with Gasteiger partial charge in [0.25, 0.3) is 0 Å². The summed E-state index contributed by atoms with van der Waals surface area (Å²) in [5, 5.41) is 6.71. The minimum Gasteiger partial charge on any atom is -0.455 e. The SMILES string of the molecule is C1=CC[C@H](c2ccc(-c3cc(-c4nc(-c5ccccc5)nc(-c5ccccc5)n4)cc(-c4ccc(-c5ccccc5)cc4)c3-n3c4ccccc4c4c5oc6cc7c(cc6c5ccc43)c3ccccc3n7-c3ccccc3)cc2)C=C1. The molecule has 0 unspecified atom stereocenters. The largest absolute Gasteiger partial charge is 0.455 e. The predicted octanol–water partition coefficient (Wildman–Crippen LogP) is 19.6. The predicted molar refractivity (Wildman–Crippen MR) is 334 cm³/mol. The molecule has 0 N–H and O–H groups in total. The van der Waals surface area contributed by atoms with Gasteiger partial charge in [0.1, 0.15) is 11.2 Å². The molecule has 0 radical (unpaired) electrons. The van der Waals surface area contributed by atoms with Crippen LogP contribution in [0.3, 0.4) is 0 Å². The number of furan rings is 1. The maximum atomic E-state index is 7.29. The summed E-state index contributed by atoms with van der Waals surface area (Å²) in [6.45, 7) is 0. The molecule has 4 heterocycles. The number of fused-ring (bicyclic) bond motifs is 10. The van der Waals surface area contributed by atoms with Crippen LogP contribution in [0.4, 0.5) is 0 Å². The fourth-order valence-corrected chi connectivity index (χ4v) is 12.4. The monoisotopic (exact) mass is 1040 g/mol. The molecule has 11 aromatic carbocycles. The van der Waals surface area contributed by atoms with Crippen molar-refractivity contribution in [2.75, 3.05) is 0 Å². The molecule has 1 aliphatic carbocycles. The van der Waals surface area contributed by atoms with Crippen LogP contribution in [0.15, 0.2) is 284 Å². The highest BCUT2D eigenvalue weighted by molar-refractivity contribution is 6.26. The fourth-order valence-electron chi connectivity index (χ4n) is 12.4. The standard InChI is InChI=1S/C75H49N5O/c1-6-20-48(21-7-1)50-34-38-52(39-35-50)61-44-56(75-77-73(54-24-10-3-11-25-54)76-74(78-75)55-26-12-4-13-27-55)45-62(53-40-36-51(37-41-53)49-22-8-2-9-23-49)71(61)80-66-33-19-17-31-60(66)70-67(80)43-42-59-64-46-63-58-30-16-18-32-65(58)79(57-28-14-5-15-29-57)68(63)47-69(64)81-72(59)70/h1-22,24-47,49H,23H2/t49-/m1/s1. The van der Waals surface area contributed by atoms with Crippen LogP contribution in [0.25, 0.3) is 144 Å². The lowest BCUT2D eigenvalue weighted by atomic mass is 9.89. The van der Waals surface area contributed by atoms with E-state index in [2.05, 4.69) is 252 Å². The van der Waals surface area contributed by atoms with E-state index in [1.165, 1.54) is 16.3 Å². The van der Waals surface area contributed by atoms with Crippen molar-refractivity contribution in [1.82, 2.24) is 24.1 Å². The zero-order valence-electron chi connectivity index (χ0n) is 44.0. The summed E-state index contributed by atoms with van der Waals surface area (Å²) in [5.41, 5.74) is 18.7. The van der Waals surface area contributed by atoms with Gasteiger partial charge < -0.3 is 13.6 Å². The van der Waals surface area contributed by atoms with E-state index in [1.807, 2.05) is 36.4 Å². The molecule has 1 atom stereocenters. The van der Waals surface area contributed by atoms with Crippen molar-refractivity contribution in [3.05, 3.63) is 285 Å². The van der Waals surface area contributed by atoms with Crippen LogP contribution < -0.4 is 0 Å². The molecule has 16 rings (SSSR count). The molecule has 380 valence electrons. The molecule has 6 nitrogen and oxygen atoms in total. The first-order valence-electron chi connectivity index (χ1n) is 27.7. The molecule has 0 saturated heterocycles. The van der Waals surface area contributed by atoms with Gasteiger partial charge in [-0.25, -0.2) is 15.0 Å². The summed E-state index contributed by atoms with van der Waals surface area (Å²) in [7, 11) is 0. The molecular weight excluding hydrogens is 987 g/mol. The van der Waals surface area contributed by atoms with E-state index < -0.39 is 0 Å². The molecule has 0 amide bonds. The molecule has 1 aliphatic rings. The van der Waals surface area contributed by atoms with E-state index in [9.17, 15) is 0 Å². The minimum atomic E-state index is 0.299. The van der Waals surface area contributed by atoms with Crippen molar-refractivity contribution in [3.8, 4) is 78.9 Å². The average Bonchev–Trinajstić information content (AvgIpc) is 4.40. The second-order valence-electron chi connectivity index (χ2n) is 21.0. The lowest BCUT2D eigenvalue weighted by Gasteiger charge is -2.22. The first kappa shape index (κ1) is 46.4. The van der Waals surface area contributed by atoms with Gasteiger partial charge in [-0.3, -0.25) is 0 Å². The number of para-hydroxylation sites is 3. The molecular formula is C75H49N5O. The van der Waals surface area contributed by atoms with E-state index in [0.29, 0.717) is 23.4 Å². The van der Waals surface area contributed by atoms with Crippen molar-refractivity contribution in [2.24, 2.45) is 0 Å². The lowest BCUT2D eigenvalue weighted by Crippen LogP contribution is -2.04. The van der Waals surface area contributed by atoms with E-state index in [0.717, 1.165) is 123 Å². The quantitative estimate of drug-likeness (QED) is 0.145.